The number of hydrogen-bond donors (Lipinski definition) is 0. The molecule has 3 aromatic rings. The van der Waals surface area contributed by atoms with E-state index in [9.17, 15) is 14.0 Å². The van der Waals surface area contributed by atoms with Gasteiger partial charge in [0.2, 0.25) is 10.9 Å². The number of rotatable bonds is 6. The molecule has 0 N–H and O–H groups in total. The lowest BCUT2D eigenvalue weighted by Gasteiger charge is -2.10. The molecule has 0 fully saturated rings. The molecule has 140 valence electrons. The van der Waals surface area contributed by atoms with Gasteiger partial charge in [0.05, 0.1) is 12.0 Å². The molecule has 2 heterocycles. The van der Waals surface area contributed by atoms with E-state index in [0.29, 0.717) is 22.2 Å². The average Bonchev–Trinajstić information content (AvgIpc) is 3.07. The zero-order chi connectivity index (χ0) is 19.6. The van der Waals surface area contributed by atoms with Gasteiger partial charge in [-0.15, -0.1) is 5.10 Å². The van der Waals surface area contributed by atoms with Gasteiger partial charge in [-0.05, 0) is 32.2 Å². The van der Waals surface area contributed by atoms with Crippen molar-refractivity contribution in [2.45, 2.75) is 25.4 Å². The van der Waals surface area contributed by atoms with Crippen molar-refractivity contribution in [2.75, 3.05) is 12.9 Å². The van der Waals surface area contributed by atoms with Crippen LogP contribution < -0.4 is 0 Å². The first-order valence-electron chi connectivity index (χ1n) is 8.11. The van der Waals surface area contributed by atoms with E-state index >= 15 is 0 Å². The van der Waals surface area contributed by atoms with E-state index in [1.807, 2.05) is 13.2 Å². The second kappa shape index (κ2) is 7.83. The van der Waals surface area contributed by atoms with Gasteiger partial charge < -0.3 is 4.74 Å². The van der Waals surface area contributed by atoms with Gasteiger partial charge in [0.15, 0.2) is 6.61 Å². The van der Waals surface area contributed by atoms with Gasteiger partial charge in [-0.2, -0.15) is 4.98 Å². The molecule has 0 radical (unpaired) electrons. The molecular weight excluding hydrogens is 371 g/mol. The van der Waals surface area contributed by atoms with Crippen molar-refractivity contribution in [3.05, 3.63) is 52.6 Å². The third kappa shape index (κ3) is 3.97. The fraction of sp³-hybridized carbons (Fsp3) is 0.278. The number of nitrogens with zero attached hydrogens (tertiary/aromatic N) is 4. The van der Waals surface area contributed by atoms with Gasteiger partial charge in [0, 0.05) is 17.0 Å². The summed E-state index contributed by atoms with van der Waals surface area (Å²) in [6, 6.07) is 5.57. The Bertz CT molecular complexity index is 1030. The van der Waals surface area contributed by atoms with E-state index in [1.165, 1.54) is 30.0 Å². The van der Waals surface area contributed by atoms with E-state index in [0.717, 1.165) is 5.69 Å². The predicted molar refractivity (Wildman–Crippen MR) is 97.4 cm³/mol. The molecule has 0 amide bonds. The first-order chi connectivity index (χ1) is 12.9. The average molecular weight is 388 g/mol. The van der Waals surface area contributed by atoms with Gasteiger partial charge in [0.1, 0.15) is 5.82 Å². The number of halogens is 1. The molecule has 0 spiro atoms. The first-order valence-corrected chi connectivity index (χ1v) is 9.33. The minimum absolute atomic E-state index is 0.0698. The summed E-state index contributed by atoms with van der Waals surface area (Å²) < 4.78 is 20.2. The van der Waals surface area contributed by atoms with Crippen LogP contribution in [0.15, 0.2) is 29.4 Å². The maximum atomic E-state index is 13.6. The van der Waals surface area contributed by atoms with Crippen LogP contribution in [0.2, 0.25) is 0 Å². The molecule has 9 heteroatoms. The van der Waals surface area contributed by atoms with Gasteiger partial charge in [0.25, 0.3) is 5.78 Å². The monoisotopic (exact) mass is 388 g/mol. The standard InChI is InChI=1S/C18H17FN4O3S/c1-10-13(11(2)23-17(20-10)21-18(22-23)27-3)8-16(25)26-9-15(24)12-6-4-5-7-14(12)19/h4-7H,8-9H2,1-3H3. The van der Waals surface area contributed by atoms with E-state index < -0.39 is 24.2 Å². The van der Waals surface area contributed by atoms with Crippen LogP contribution in [0.5, 0.6) is 0 Å². The molecule has 7 nitrogen and oxygen atoms in total. The van der Waals surface area contributed by atoms with E-state index in [4.69, 9.17) is 4.74 Å². The number of esters is 1. The summed E-state index contributed by atoms with van der Waals surface area (Å²) in [5.74, 6) is -1.38. The van der Waals surface area contributed by atoms with Crippen molar-refractivity contribution in [3.63, 3.8) is 0 Å². The van der Waals surface area contributed by atoms with Crippen LogP contribution in [0.25, 0.3) is 5.78 Å². The van der Waals surface area contributed by atoms with Crippen molar-refractivity contribution in [1.29, 1.82) is 0 Å². The van der Waals surface area contributed by atoms with Crippen LogP contribution in [0.4, 0.5) is 4.39 Å². The van der Waals surface area contributed by atoms with Crippen LogP contribution >= 0.6 is 11.8 Å². The maximum Gasteiger partial charge on any atom is 0.310 e. The zero-order valence-electron chi connectivity index (χ0n) is 15.0. The minimum atomic E-state index is -0.643. The zero-order valence-corrected chi connectivity index (χ0v) is 15.8. The molecule has 3 rings (SSSR count). The summed E-state index contributed by atoms with van der Waals surface area (Å²) in [6.45, 7) is 3.06. The fourth-order valence-electron chi connectivity index (χ4n) is 2.64. The quantitative estimate of drug-likeness (QED) is 0.364. The van der Waals surface area contributed by atoms with Crippen LogP contribution in [0.1, 0.15) is 27.3 Å². The van der Waals surface area contributed by atoms with Crippen LogP contribution in [-0.2, 0) is 16.0 Å². The lowest BCUT2D eigenvalue weighted by molar-refractivity contribution is -0.141. The normalized spacial score (nSPS) is 11.0. The Hall–Kier alpha value is -2.81. The number of ether oxygens (including phenoxy) is 1. The number of ketones is 1. The molecule has 27 heavy (non-hydrogen) atoms. The lowest BCUT2D eigenvalue weighted by atomic mass is 10.1. The Labute approximate surface area is 159 Å². The SMILES string of the molecule is CSc1nc2nc(C)c(CC(=O)OCC(=O)c3ccccc3F)c(C)n2n1. The van der Waals surface area contributed by atoms with Gasteiger partial charge in [-0.1, -0.05) is 23.9 Å². The summed E-state index contributed by atoms with van der Waals surface area (Å²) in [7, 11) is 0. The van der Waals surface area contributed by atoms with E-state index in [2.05, 4.69) is 15.1 Å². The highest BCUT2D eigenvalue weighted by Crippen LogP contribution is 2.17. The third-order valence-corrected chi connectivity index (χ3v) is 4.61. The molecule has 1 aromatic carbocycles. The van der Waals surface area contributed by atoms with Gasteiger partial charge in [-0.25, -0.2) is 13.9 Å². The topological polar surface area (TPSA) is 86.5 Å². The molecule has 0 saturated heterocycles. The Morgan fingerprint density at radius 3 is 2.67 bits per heavy atom. The van der Waals surface area contributed by atoms with Gasteiger partial charge >= 0.3 is 5.97 Å². The molecule has 0 bridgehead atoms. The van der Waals surface area contributed by atoms with Crippen LogP contribution in [0.3, 0.4) is 0 Å². The number of carbonyl (C=O) groups is 2. The molecule has 0 saturated carbocycles. The Kier molecular flexibility index (Phi) is 5.50. The van der Waals surface area contributed by atoms with Crippen molar-refractivity contribution >= 4 is 29.3 Å². The first kappa shape index (κ1) is 19.0. The van der Waals surface area contributed by atoms with Crippen molar-refractivity contribution < 1.29 is 18.7 Å². The summed E-state index contributed by atoms with van der Waals surface area (Å²) in [6.07, 6.45) is 1.79. The number of thioether (sulfide) groups is 1. The predicted octanol–water partition coefficient (Wildman–Crippen LogP) is 2.57. The van der Waals surface area contributed by atoms with Crippen molar-refractivity contribution in [3.8, 4) is 0 Å². The minimum Gasteiger partial charge on any atom is -0.457 e. The molecule has 0 aliphatic heterocycles. The summed E-state index contributed by atoms with van der Waals surface area (Å²) in [5, 5.41) is 4.91. The smallest absolute Gasteiger partial charge is 0.310 e. The largest absolute Gasteiger partial charge is 0.457 e. The molecule has 0 aliphatic carbocycles. The highest BCUT2D eigenvalue weighted by molar-refractivity contribution is 7.98. The van der Waals surface area contributed by atoms with E-state index in [1.54, 1.807) is 17.5 Å². The molecule has 0 unspecified atom stereocenters. The Morgan fingerprint density at radius 1 is 1.22 bits per heavy atom. The second-order valence-electron chi connectivity index (χ2n) is 5.81. The summed E-state index contributed by atoms with van der Waals surface area (Å²) in [5.41, 5.74) is 1.91. The van der Waals surface area contributed by atoms with Gasteiger partial charge in [-0.3, -0.25) is 9.59 Å². The number of Topliss-reactive ketones (excluding diaryl/α,β-unsaturated/α-hetero) is 1. The lowest BCUT2D eigenvalue weighted by Crippen LogP contribution is -2.18. The van der Waals surface area contributed by atoms with E-state index in [-0.39, 0.29) is 12.0 Å². The molecule has 2 aromatic heterocycles. The van der Waals surface area contributed by atoms with Crippen molar-refractivity contribution in [1.82, 2.24) is 19.6 Å². The Morgan fingerprint density at radius 2 is 1.96 bits per heavy atom. The molecule has 0 aliphatic rings. The number of fused-ring (bicyclic) bond motifs is 1. The van der Waals surface area contributed by atoms with Crippen LogP contribution in [0, 0.1) is 19.7 Å². The number of aromatic nitrogens is 4. The second-order valence-corrected chi connectivity index (χ2v) is 6.59. The molecular formula is C18H17FN4O3S. The fourth-order valence-corrected chi connectivity index (χ4v) is 2.98. The number of aryl methyl sites for hydroxylation is 2. The highest BCUT2D eigenvalue weighted by Gasteiger charge is 2.18. The Balaban J connectivity index is 1.72. The molecule has 0 atom stereocenters. The van der Waals surface area contributed by atoms with Crippen molar-refractivity contribution in [2.24, 2.45) is 0 Å². The number of hydrogen-bond acceptors (Lipinski definition) is 7. The third-order valence-electron chi connectivity index (χ3n) is 4.07. The summed E-state index contributed by atoms with van der Waals surface area (Å²) >= 11 is 1.40. The maximum absolute atomic E-state index is 13.6. The summed E-state index contributed by atoms with van der Waals surface area (Å²) in [4.78, 5) is 32.8. The highest BCUT2D eigenvalue weighted by atomic mass is 32.2. The number of carbonyl (C=O) groups excluding carboxylic acids is 2. The van der Waals surface area contributed by atoms with Crippen LogP contribution in [-0.4, -0.2) is 44.2 Å². The number of benzene rings is 1.